The van der Waals surface area contributed by atoms with E-state index in [9.17, 15) is 14.0 Å². The van der Waals surface area contributed by atoms with Crippen LogP contribution in [-0.2, 0) is 4.79 Å². The second-order valence-corrected chi connectivity index (χ2v) is 5.91. The lowest BCUT2D eigenvalue weighted by Crippen LogP contribution is -2.45. The number of rotatable bonds is 2. The highest BCUT2D eigenvalue weighted by Gasteiger charge is 2.40. The number of aliphatic carboxylic acids is 1. The Morgan fingerprint density at radius 3 is 2.84 bits per heavy atom. The molecule has 2 rings (SSSR count). The first-order chi connectivity index (χ1) is 8.91. The summed E-state index contributed by atoms with van der Waals surface area (Å²) in [6.45, 7) is 1.72. The minimum absolute atomic E-state index is 0.201. The maximum absolute atomic E-state index is 13.7. The predicted octanol–water partition coefficient (Wildman–Crippen LogP) is 2.47. The number of nitrogens with zero attached hydrogens (tertiary/aromatic N) is 1. The van der Waals surface area contributed by atoms with Crippen molar-refractivity contribution in [3.05, 3.63) is 34.6 Å². The molecule has 1 aliphatic heterocycles. The molecular formula is C12H11ClFNO3S. The molecule has 0 aromatic heterocycles. The van der Waals surface area contributed by atoms with Crippen LogP contribution in [0.3, 0.4) is 0 Å². The van der Waals surface area contributed by atoms with E-state index >= 15 is 0 Å². The summed E-state index contributed by atoms with van der Waals surface area (Å²) in [5.41, 5.74) is -0.201. The van der Waals surface area contributed by atoms with Gasteiger partial charge in [-0.2, -0.15) is 0 Å². The van der Waals surface area contributed by atoms with Crippen LogP contribution in [-0.4, -0.2) is 39.1 Å². The van der Waals surface area contributed by atoms with E-state index in [1.165, 1.54) is 28.8 Å². The summed E-state index contributed by atoms with van der Waals surface area (Å²) in [5.74, 6) is -2.15. The monoisotopic (exact) mass is 303 g/mol. The third-order valence-corrected chi connectivity index (χ3v) is 4.35. The molecule has 1 aliphatic rings. The number of carbonyl (C=O) groups is 2. The number of hydrogen-bond acceptors (Lipinski definition) is 3. The van der Waals surface area contributed by atoms with Crippen LogP contribution in [0.4, 0.5) is 4.39 Å². The highest BCUT2D eigenvalue weighted by Crippen LogP contribution is 2.31. The molecule has 7 heteroatoms. The standard InChI is InChI=1S/C12H11ClFNO3S/c1-6-15(10(5-19-6)12(17)18)11(16)8-4-7(13)2-3-9(8)14/h2-4,6,10H,5H2,1H3,(H,17,18). The molecule has 1 amide bonds. The molecule has 1 saturated heterocycles. The lowest BCUT2D eigenvalue weighted by Gasteiger charge is -2.25. The van der Waals surface area contributed by atoms with E-state index in [4.69, 9.17) is 16.7 Å². The molecule has 19 heavy (non-hydrogen) atoms. The average Bonchev–Trinajstić information content (AvgIpc) is 2.73. The van der Waals surface area contributed by atoms with Crippen molar-refractivity contribution in [1.29, 1.82) is 0 Å². The Kier molecular flexibility index (Phi) is 4.01. The molecule has 1 aromatic rings. The van der Waals surface area contributed by atoms with Crippen LogP contribution in [0.25, 0.3) is 0 Å². The Balaban J connectivity index is 2.37. The predicted molar refractivity (Wildman–Crippen MR) is 70.9 cm³/mol. The third-order valence-electron chi connectivity index (χ3n) is 2.90. The number of carboxylic acid groups (broad SMARTS) is 1. The van der Waals surface area contributed by atoms with Gasteiger partial charge in [0.15, 0.2) is 0 Å². The van der Waals surface area contributed by atoms with E-state index in [0.29, 0.717) is 5.75 Å². The summed E-state index contributed by atoms with van der Waals surface area (Å²) in [4.78, 5) is 24.6. The van der Waals surface area contributed by atoms with Gasteiger partial charge in [-0.3, -0.25) is 4.79 Å². The Labute approximate surface area is 118 Å². The van der Waals surface area contributed by atoms with E-state index in [2.05, 4.69) is 0 Å². The topological polar surface area (TPSA) is 57.6 Å². The van der Waals surface area contributed by atoms with Gasteiger partial charge in [-0.25, -0.2) is 9.18 Å². The number of hydrogen-bond donors (Lipinski definition) is 1. The largest absolute Gasteiger partial charge is 0.480 e. The number of thioether (sulfide) groups is 1. The van der Waals surface area contributed by atoms with E-state index in [0.717, 1.165) is 6.07 Å². The summed E-state index contributed by atoms with van der Waals surface area (Å²) in [6, 6.07) is 2.71. The molecule has 1 aromatic carbocycles. The first-order valence-corrected chi connectivity index (χ1v) is 6.96. The summed E-state index contributed by atoms with van der Waals surface area (Å²) >= 11 is 7.09. The molecule has 0 saturated carbocycles. The van der Waals surface area contributed by atoms with Crippen molar-refractivity contribution < 1.29 is 19.1 Å². The molecular weight excluding hydrogens is 293 g/mol. The molecule has 102 valence electrons. The van der Waals surface area contributed by atoms with Crippen molar-refractivity contribution in [2.24, 2.45) is 0 Å². The second-order valence-electron chi connectivity index (χ2n) is 4.12. The number of benzene rings is 1. The van der Waals surface area contributed by atoms with Crippen molar-refractivity contribution in [2.75, 3.05) is 5.75 Å². The molecule has 0 radical (unpaired) electrons. The zero-order valence-electron chi connectivity index (χ0n) is 9.97. The van der Waals surface area contributed by atoms with Crippen LogP contribution in [0.5, 0.6) is 0 Å². The van der Waals surface area contributed by atoms with Crippen molar-refractivity contribution in [3.8, 4) is 0 Å². The van der Waals surface area contributed by atoms with E-state index < -0.39 is 23.7 Å². The average molecular weight is 304 g/mol. The quantitative estimate of drug-likeness (QED) is 0.912. The van der Waals surface area contributed by atoms with Crippen molar-refractivity contribution in [3.63, 3.8) is 0 Å². The number of amides is 1. The first kappa shape index (κ1) is 14.1. The fourth-order valence-corrected chi connectivity index (χ4v) is 3.28. The second kappa shape index (κ2) is 5.38. The molecule has 0 aliphatic carbocycles. The Morgan fingerprint density at radius 2 is 2.21 bits per heavy atom. The Bertz CT molecular complexity index is 540. The van der Waals surface area contributed by atoms with Gasteiger partial charge in [0.1, 0.15) is 11.9 Å². The molecule has 4 nitrogen and oxygen atoms in total. The van der Waals surface area contributed by atoms with Gasteiger partial charge < -0.3 is 10.0 Å². The molecule has 2 unspecified atom stereocenters. The van der Waals surface area contributed by atoms with Crippen LogP contribution in [0.15, 0.2) is 18.2 Å². The molecule has 1 heterocycles. The number of carbonyl (C=O) groups excluding carboxylic acids is 1. The molecule has 2 atom stereocenters. The maximum atomic E-state index is 13.7. The summed E-state index contributed by atoms with van der Waals surface area (Å²) in [7, 11) is 0. The van der Waals surface area contributed by atoms with Crippen molar-refractivity contribution >= 4 is 35.2 Å². The van der Waals surface area contributed by atoms with Gasteiger partial charge >= 0.3 is 5.97 Å². The van der Waals surface area contributed by atoms with Crippen LogP contribution < -0.4 is 0 Å². The molecule has 1 N–H and O–H groups in total. The van der Waals surface area contributed by atoms with Gasteiger partial charge in [-0.15, -0.1) is 11.8 Å². The van der Waals surface area contributed by atoms with Crippen LogP contribution >= 0.6 is 23.4 Å². The normalized spacial score (nSPS) is 22.6. The van der Waals surface area contributed by atoms with Gasteiger partial charge in [-0.05, 0) is 25.1 Å². The Morgan fingerprint density at radius 1 is 1.53 bits per heavy atom. The first-order valence-electron chi connectivity index (χ1n) is 5.54. The highest BCUT2D eigenvalue weighted by molar-refractivity contribution is 8.00. The minimum atomic E-state index is -1.09. The minimum Gasteiger partial charge on any atom is -0.480 e. The zero-order valence-corrected chi connectivity index (χ0v) is 11.5. The van der Waals surface area contributed by atoms with E-state index in [1.54, 1.807) is 6.92 Å². The van der Waals surface area contributed by atoms with Crippen LogP contribution in [0, 0.1) is 5.82 Å². The van der Waals surface area contributed by atoms with Gasteiger partial charge in [0.2, 0.25) is 0 Å². The summed E-state index contributed by atoms with van der Waals surface area (Å²) in [5, 5.41) is 9.01. The fraction of sp³-hybridized carbons (Fsp3) is 0.333. The Hall–Kier alpha value is -1.27. The maximum Gasteiger partial charge on any atom is 0.327 e. The van der Waals surface area contributed by atoms with Crippen molar-refractivity contribution in [1.82, 2.24) is 4.90 Å². The molecule has 1 fully saturated rings. The van der Waals surface area contributed by atoms with Gasteiger partial charge in [0.25, 0.3) is 5.91 Å². The number of carboxylic acids is 1. The van der Waals surface area contributed by atoms with E-state index in [1.807, 2.05) is 0 Å². The van der Waals surface area contributed by atoms with Gasteiger partial charge in [0, 0.05) is 10.8 Å². The summed E-state index contributed by atoms with van der Waals surface area (Å²) < 4.78 is 13.7. The highest BCUT2D eigenvalue weighted by atomic mass is 35.5. The molecule has 0 spiro atoms. The van der Waals surface area contributed by atoms with Gasteiger partial charge in [0.05, 0.1) is 10.9 Å². The van der Waals surface area contributed by atoms with E-state index in [-0.39, 0.29) is 16.0 Å². The smallest absolute Gasteiger partial charge is 0.327 e. The van der Waals surface area contributed by atoms with Crippen molar-refractivity contribution in [2.45, 2.75) is 18.3 Å². The van der Waals surface area contributed by atoms with Gasteiger partial charge in [-0.1, -0.05) is 11.6 Å². The molecule has 0 bridgehead atoms. The van der Waals surface area contributed by atoms with Crippen LogP contribution in [0.2, 0.25) is 5.02 Å². The lowest BCUT2D eigenvalue weighted by molar-refractivity contribution is -0.141. The fourth-order valence-electron chi connectivity index (χ4n) is 1.94. The SMILES string of the molecule is CC1SCC(C(=O)O)N1C(=O)c1cc(Cl)ccc1F. The third kappa shape index (κ3) is 2.69. The van der Waals surface area contributed by atoms with Crippen LogP contribution in [0.1, 0.15) is 17.3 Å². The zero-order chi connectivity index (χ0) is 14.2. The number of halogens is 2. The lowest BCUT2D eigenvalue weighted by atomic mass is 10.1. The summed E-state index contributed by atoms with van der Waals surface area (Å²) in [6.07, 6.45) is 0.